The van der Waals surface area contributed by atoms with Crippen molar-refractivity contribution in [2.75, 3.05) is 13.1 Å². The van der Waals surface area contributed by atoms with E-state index in [9.17, 15) is 10.0 Å². The molecule has 6 N–H and O–H groups in total. The van der Waals surface area contributed by atoms with Gasteiger partial charge >= 0.3 is 5.97 Å². The van der Waals surface area contributed by atoms with Crippen molar-refractivity contribution < 1.29 is 15.1 Å². The summed E-state index contributed by atoms with van der Waals surface area (Å²) in [7, 11) is 0. The van der Waals surface area contributed by atoms with Gasteiger partial charge in [-0.3, -0.25) is 15.0 Å². The van der Waals surface area contributed by atoms with Gasteiger partial charge in [-0.15, -0.1) is 6.58 Å². The minimum atomic E-state index is -1.03. The van der Waals surface area contributed by atoms with Gasteiger partial charge < -0.3 is 16.6 Å². The molecule has 0 heterocycles. The number of carboxylic acids is 1. The Morgan fingerprint density at radius 2 is 2.25 bits per heavy atom. The maximum atomic E-state index is 10.4. The Morgan fingerprint density at radius 1 is 1.62 bits per heavy atom. The van der Waals surface area contributed by atoms with Crippen molar-refractivity contribution >= 4 is 11.9 Å². The van der Waals surface area contributed by atoms with E-state index < -0.39 is 12.0 Å². The molecule has 0 aromatic rings. The quantitative estimate of drug-likeness (QED) is 0.152. The third-order valence-corrected chi connectivity index (χ3v) is 1.83. The topological polar surface area (TPSA) is 125 Å². The van der Waals surface area contributed by atoms with Crippen LogP contribution in [0.1, 0.15) is 12.8 Å². The summed E-state index contributed by atoms with van der Waals surface area (Å²) in [6.45, 7) is 3.93. The second-order valence-corrected chi connectivity index (χ2v) is 3.20. The number of carboxylic acid groups (broad SMARTS) is 1. The largest absolute Gasteiger partial charge is 0.480 e. The Kier molecular flexibility index (Phi) is 6.89. The Balaban J connectivity index is 3.82. The predicted molar refractivity (Wildman–Crippen MR) is 60.0 cm³/mol. The van der Waals surface area contributed by atoms with Gasteiger partial charge in [-0.05, 0) is 12.8 Å². The number of nitrogens with two attached hydrogens (primary N) is 2. The first kappa shape index (κ1) is 14.4. The van der Waals surface area contributed by atoms with E-state index in [0.29, 0.717) is 19.4 Å². The molecule has 7 heteroatoms. The number of aliphatic carboxylic acids is 1. The number of guanidine groups is 1. The Morgan fingerprint density at radius 3 is 2.75 bits per heavy atom. The highest BCUT2D eigenvalue weighted by atomic mass is 16.5. The van der Waals surface area contributed by atoms with Crippen molar-refractivity contribution in [2.45, 2.75) is 18.9 Å². The smallest absolute Gasteiger partial charge is 0.320 e. The van der Waals surface area contributed by atoms with Gasteiger partial charge in [0.1, 0.15) is 6.04 Å². The molecule has 92 valence electrons. The molecule has 0 aliphatic carbocycles. The molecule has 0 rings (SSSR count). The molecular weight excluding hydrogens is 212 g/mol. The van der Waals surface area contributed by atoms with Crippen LogP contribution in [0.2, 0.25) is 0 Å². The summed E-state index contributed by atoms with van der Waals surface area (Å²) in [5, 5.41) is 18.5. The van der Waals surface area contributed by atoms with Crippen molar-refractivity contribution in [3.63, 3.8) is 0 Å². The Bertz CT molecular complexity index is 267. The zero-order valence-corrected chi connectivity index (χ0v) is 9.04. The molecule has 0 aliphatic rings. The second-order valence-electron chi connectivity index (χ2n) is 3.20. The predicted octanol–water partition coefficient (Wildman–Crippen LogP) is -0.630. The number of rotatable bonds is 7. The summed E-state index contributed by atoms with van der Waals surface area (Å²) in [5.74, 6) is -1.06. The van der Waals surface area contributed by atoms with Gasteiger partial charge in [-0.25, -0.2) is 5.06 Å². The molecule has 0 aromatic heterocycles. The lowest BCUT2D eigenvalue weighted by molar-refractivity contribution is -0.138. The first-order valence-electron chi connectivity index (χ1n) is 4.84. The molecule has 0 spiro atoms. The molecular formula is C9H18N4O3. The molecule has 1 atom stereocenters. The molecule has 0 aliphatic heterocycles. The van der Waals surface area contributed by atoms with Gasteiger partial charge in [-0.2, -0.15) is 0 Å². The summed E-state index contributed by atoms with van der Waals surface area (Å²) in [5.41, 5.74) is 10.7. The van der Waals surface area contributed by atoms with E-state index in [-0.39, 0.29) is 12.5 Å². The Hall–Kier alpha value is -1.60. The first-order valence-corrected chi connectivity index (χ1v) is 4.84. The van der Waals surface area contributed by atoms with Crippen molar-refractivity contribution in [1.82, 2.24) is 5.06 Å². The van der Waals surface area contributed by atoms with Gasteiger partial charge in [-0.1, -0.05) is 6.08 Å². The van der Waals surface area contributed by atoms with Gasteiger partial charge in [0.05, 0.1) is 6.54 Å². The fourth-order valence-electron chi connectivity index (χ4n) is 0.926. The van der Waals surface area contributed by atoms with E-state index in [1.807, 2.05) is 0 Å². The Labute approximate surface area is 94.0 Å². The van der Waals surface area contributed by atoms with Gasteiger partial charge in [0.25, 0.3) is 0 Å². The molecule has 0 bridgehead atoms. The van der Waals surface area contributed by atoms with E-state index >= 15 is 0 Å². The average Bonchev–Trinajstić information content (AvgIpc) is 2.23. The number of nitrogens with zero attached hydrogens (tertiary/aromatic N) is 2. The number of aliphatic imine (C=N–C) groups is 1. The molecule has 16 heavy (non-hydrogen) atoms. The minimum absolute atomic E-state index is 0.0243. The number of carbonyl (C=O) groups is 1. The van der Waals surface area contributed by atoms with Gasteiger partial charge in [0, 0.05) is 6.54 Å². The summed E-state index contributed by atoms with van der Waals surface area (Å²) >= 11 is 0. The van der Waals surface area contributed by atoms with E-state index in [1.54, 1.807) is 0 Å². The van der Waals surface area contributed by atoms with Crippen molar-refractivity contribution in [1.29, 1.82) is 0 Å². The number of hydrogen-bond acceptors (Lipinski definition) is 4. The molecule has 7 nitrogen and oxygen atoms in total. The monoisotopic (exact) mass is 230 g/mol. The first-order chi connectivity index (χ1) is 7.49. The van der Waals surface area contributed by atoms with Crippen LogP contribution in [0.5, 0.6) is 0 Å². The fraction of sp³-hybridized carbons (Fsp3) is 0.556. The second kappa shape index (κ2) is 7.66. The SMILES string of the molecule is C=CCN(O)C(N)=NCCC[C@H](N)C(=O)O. The number of hydroxylamine groups is 2. The van der Waals surface area contributed by atoms with Crippen LogP contribution in [0.3, 0.4) is 0 Å². The van der Waals surface area contributed by atoms with Crippen LogP contribution in [-0.4, -0.2) is 46.4 Å². The van der Waals surface area contributed by atoms with Crippen LogP contribution >= 0.6 is 0 Å². The molecule has 0 saturated carbocycles. The van der Waals surface area contributed by atoms with E-state index in [0.717, 1.165) is 5.06 Å². The van der Waals surface area contributed by atoms with Crippen LogP contribution in [0.4, 0.5) is 0 Å². The lowest BCUT2D eigenvalue weighted by atomic mass is 10.2. The molecule has 0 aromatic carbocycles. The third kappa shape index (κ3) is 5.99. The lowest BCUT2D eigenvalue weighted by Gasteiger charge is -2.12. The van der Waals surface area contributed by atoms with Crippen LogP contribution in [0.25, 0.3) is 0 Å². The van der Waals surface area contributed by atoms with Crippen molar-refractivity contribution in [2.24, 2.45) is 16.5 Å². The zero-order chi connectivity index (χ0) is 12.6. The van der Waals surface area contributed by atoms with Gasteiger partial charge in [0.2, 0.25) is 5.96 Å². The standard InChI is InChI=1S/C9H18N4O3/c1-2-6-13(16)9(11)12-5-3-4-7(10)8(14)15/h2,7,16H,1,3-6,10H2,(H2,11,12)(H,14,15)/t7-/m0/s1. The van der Waals surface area contributed by atoms with Crippen molar-refractivity contribution in [3.8, 4) is 0 Å². The van der Waals surface area contributed by atoms with Crippen LogP contribution in [0, 0.1) is 0 Å². The van der Waals surface area contributed by atoms with Crippen LogP contribution in [-0.2, 0) is 4.79 Å². The zero-order valence-electron chi connectivity index (χ0n) is 9.04. The van der Waals surface area contributed by atoms with Crippen LogP contribution in [0.15, 0.2) is 17.6 Å². The minimum Gasteiger partial charge on any atom is -0.480 e. The lowest BCUT2D eigenvalue weighted by Crippen LogP contribution is -2.35. The third-order valence-electron chi connectivity index (χ3n) is 1.83. The molecule has 0 radical (unpaired) electrons. The average molecular weight is 230 g/mol. The van der Waals surface area contributed by atoms with E-state index in [4.69, 9.17) is 16.6 Å². The fourth-order valence-corrected chi connectivity index (χ4v) is 0.926. The highest BCUT2D eigenvalue weighted by Gasteiger charge is 2.10. The highest BCUT2D eigenvalue weighted by molar-refractivity contribution is 5.77. The van der Waals surface area contributed by atoms with Crippen LogP contribution < -0.4 is 11.5 Å². The van der Waals surface area contributed by atoms with E-state index in [2.05, 4.69) is 11.6 Å². The highest BCUT2D eigenvalue weighted by Crippen LogP contribution is 1.95. The molecule has 0 unspecified atom stereocenters. The van der Waals surface area contributed by atoms with Crippen molar-refractivity contribution in [3.05, 3.63) is 12.7 Å². The van der Waals surface area contributed by atoms with Gasteiger partial charge in [0.15, 0.2) is 0 Å². The van der Waals surface area contributed by atoms with E-state index in [1.165, 1.54) is 6.08 Å². The maximum absolute atomic E-state index is 10.4. The maximum Gasteiger partial charge on any atom is 0.320 e. The normalized spacial score (nSPS) is 13.2. The summed E-state index contributed by atoms with van der Waals surface area (Å²) in [6.07, 6.45) is 2.29. The summed E-state index contributed by atoms with van der Waals surface area (Å²) in [4.78, 5) is 14.2. The molecule has 0 saturated heterocycles. The number of hydrogen-bond donors (Lipinski definition) is 4. The molecule has 0 amide bonds. The summed E-state index contributed by atoms with van der Waals surface area (Å²) in [6, 6.07) is -0.880. The molecule has 0 fully saturated rings. The summed E-state index contributed by atoms with van der Waals surface area (Å²) < 4.78 is 0.